The summed E-state index contributed by atoms with van der Waals surface area (Å²) in [6.07, 6.45) is 6.31. The normalized spacial score (nSPS) is 16.2. The minimum atomic E-state index is -3.41. The Morgan fingerprint density at radius 3 is 2.29 bits per heavy atom. The van der Waals surface area contributed by atoms with Crippen LogP contribution in [-0.4, -0.2) is 31.9 Å². The Kier molecular flexibility index (Phi) is 6.41. The van der Waals surface area contributed by atoms with Gasteiger partial charge in [0.25, 0.3) is 0 Å². The molecule has 0 aliphatic rings. The first-order valence-corrected chi connectivity index (χ1v) is 8.79. The number of terminal acetylenes is 1. The highest BCUT2D eigenvalue weighted by atomic mass is 32.2. The van der Waals surface area contributed by atoms with Gasteiger partial charge < -0.3 is 5.11 Å². The molecule has 5 heteroatoms. The molecular weight excluding hydrogens is 286 g/mol. The fourth-order valence-corrected chi connectivity index (χ4v) is 3.03. The maximum Gasteiger partial charge on any atom is 0.209 e. The van der Waals surface area contributed by atoms with Crippen molar-refractivity contribution in [2.24, 2.45) is 11.8 Å². The predicted molar refractivity (Wildman–Crippen MR) is 85.1 cm³/mol. The second kappa shape index (κ2) is 7.60. The lowest BCUT2D eigenvalue weighted by atomic mass is 9.85. The van der Waals surface area contributed by atoms with Crippen molar-refractivity contribution in [2.45, 2.75) is 32.4 Å². The van der Waals surface area contributed by atoms with Crippen LogP contribution in [0.1, 0.15) is 19.4 Å². The predicted octanol–water partition coefficient (Wildman–Crippen LogP) is 1.41. The summed E-state index contributed by atoms with van der Waals surface area (Å²) in [6, 6.07) is 8.94. The standard InChI is InChI=1S/C16H23NO3S/c1-5-14(16(18)12(2)3)15(17-21(4,19)20)11-13-9-7-6-8-10-13/h1,6-10,12,14-18H,11H2,2-4H3/t14-,15+,16-/m1/s1. The zero-order valence-electron chi connectivity index (χ0n) is 12.7. The molecule has 0 aliphatic carbocycles. The summed E-state index contributed by atoms with van der Waals surface area (Å²) in [6.45, 7) is 3.71. The average molecular weight is 309 g/mol. The van der Waals surface area contributed by atoms with Crippen LogP contribution in [0.4, 0.5) is 0 Å². The smallest absolute Gasteiger partial charge is 0.209 e. The van der Waals surface area contributed by atoms with Gasteiger partial charge in [-0.05, 0) is 17.9 Å². The summed E-state index contributed by atoms with van der Waals surface area (Å²) < 4.78 is 25.7. The topological polar surface area (TPSA) is 66.4 Å². The van der Waals surface area contributed by atoms with Crippen LogP contribution in [0.5, 0.6) is 0 Å². The molecule has 116 valence electrons. The Bertz CT molecular complexity index is 575. The van der Waals surface area contributed by atoms with E-state index in [1.807, 2.05) is 44.2 Å². The van der Waals surface area contributed by atoms with Gasteiger partial charge in [-0.15, -0.1) is 6.42 Å². The molecule has 0 saturated carbocycles. The molecule has 3 atom stereocenters. The lowest BCUT2D eigenvalue weighted by molar-refractivity contribution is 0.0748. The van der Waals surface area contributed by atoms with Crippen molar-refractivity contribution in [2.75, 3.05) is 6.26 Å². The highest BCUT2D eigenvalue weighted by molar-refractivity contribution is 7.88. The molecule has 2 N–H and O–H groups in total. The fourth-order valence-electron chi connectivity index (χ4n) is 2.25. The summed E-state index contributed by atoms with van der Waals surface area (Å²) in [5.74, 6) is 1.92. The van der Waals surface area contributed by atoms with Crippen LogP contribution >= 0.6 is 0 Å². The molecule has 0 saturated heterocycles. The first-order valence-electron chi connectivity index (χ1n) is 6.90. The van der Waals surface area contributed by atoms with Gasteiger partial charge in [0.05, 0.1) is 18.3 Å². The van der Waals surface area contributed by atoms with Crippen LogP contribution in [0.3, 0.4) is 0 Å². The van der Waals surface area contributed by atoms with E-state index in [9.17, 15) is 13.5 Å². The van der Waals surface area contributed by atoms with Crippen molar-refractivity contribution in [1.29, 1.82) is 0 Å². The molecule has 0 aromatic heterocycles. The van der Waals surface area contributed by atoms with Crippen LogP contribution in [0.2, 0.25) is 0 Å². The van der Waals surface area contributed by atoms with Gasteiger partial charge in [-0.2, -0.15) is 0 Å². The third-order valence-corrected chi connectivity index (χ3v) is 4.07. The number of aliphatic hydroxyl groups is 1. The second-order valence-electron chi connectivity index (χ2n) is 5.61. The van der Waals surface area contributed by atoms with Crippen LogP contribution in [0.15, 0.2) is 30.3 Å². The van der Waals surface area contributed by atoms with E-state index >= 15 is 0 Å². The molecule has 0 radical (unpaired) electrons. The lowest BCUT2D eigenvalue weighted by Gasteiger charge is -2.29. The first kappa shape index (κ1) is 17.7. The quantitative estimate of drug-likeness (QED) is 0.749. The van der Waals surface area contributed by atoms with E-state index in [-0.39, 0.29) is 5.92 Å². The molecule has 1 aromatic carbocycles. The molecule has 0 fully saturated rings. The minimum Gasteiger partial charge on any atom is -0.392 e. The SMILES string of the molecule is C#C[C@H]([C@H](Cc1ccccc1)NS(C)(=O)=O)[C@H](O)C(C)C. The highest BCUT2D eigenvalue weighted by Crippen LogP contribution is 2.20. The number of aliphatic hydroxyl groups excluding tert-OH is 1. The Morgan fingerprint density at radius 2 is 1.86 bits per heavy atom. The molecular formula is C16H23NO3S. The zero-order chi connectivity index (χ0) is 16.0. The van der Waals surface area contributed by atoms with E-state index in [1.54, 1.807) is 0 Å². The maximum atomic E-state index is 11.6. The lowest BCUT2D eigenvalue weighted by Crippen LogP contribution is -2.46. The van der Waals surface area contributed by atoms with Gasteiger partial charge in [-0.25, -0.2) is 13.1 Å². The van der Waals surface area contributed by atoms with Crippen LogP contribution < -0.4 is 4.72 Å². The maximum absolute atomic E-state index is 11.6. The fraction of sp³-hybridized carbons (Fsp3) is 0.500. The van der Waals surface area contributed by atoms with Crippen molar-refractivity contribution >= 4 is 10.0 Å². The van der Waals surface area contributed by atoms with Gasteiger partial charge in [0.1, 0.15) is 0 Å². The van der Waals surface area contributed by atoms with E-state index in [4.69, 9.17) is 6.42 Å². The summed E-state index contributed by atoms with van der Waals surface area (Å²) in [5, 5.41) is 10.3. The van der Waals surface area contributed by atoms with E-state index in [1.165, 1.54) is 0 Å². The van der Waals surface area contributed by atoms with E-state index < -0.39 is 28.1 Å². The number of benzene rings is 1. The van der Waals surface area contributed by atoms with Gasteiger partial charge in [-0.3, -0.25) is 0 Å². The van der Waals surface area contributed by atoms with Crippen molar-refractivity contribution in [3.05, 3.63) is 35.9 Å². The Labute approximate surface area is 127 Å². The third-order valence-electron chi connectivity index (χ3n) is 3.34. The van der Waals surface area contributed by atoms with E-state index in [2.05, 4.69) is 10.6 Å². The molecule has 1 aromatic rings. The number of hydrogen-bond acceptors (Lipinski definition) is 3. The van der Waals surface area contributed by atoms with Crippen molar-refractivity contribution < 1.29 is 13.5 Å². The Morgan fingerprint density at radius 1 is 1.29 bits per heavy atom. The summed E-state index contributed by atoms with van der Waals surface area (Å²) in [5.41, 5.74) is 0.967. The van der Waals surface area contributed by atoms with E-state index in [0.29, 0.717) is 6.42 Å². The van der Waals surface area contributed by atoms with Crippen LogP contribution in [0, 0.1) is 24.2 Å². The van der Waals surface area contributed by atoms with Gasteiger partial charge in [0.2, 0.25) is 10.0 Å². The largest absolute Gasteiger partial charge is 0.392 e. The van der Waals surface area contributed by atoms with Gasteiger partial charge in [0, 0.05) is 6.04 Å². The second-order valence-corrected chi connectivity index (χ2v) is 7.39. The molecule has 0 bridgehead atoms. The minimum absolute atomic E-state index is 0.0503. The number of nitrogens with one attached hydrogen (secondary N) is 1. The highest BCUT2D eigenvalue weighted by Gasteiger charge is 2.30. The number of rotatable bonds is 7. The Hall–Kier alpha value is -1.35. The van der Waals surface area contributed by atoms with Crippen molar-refractivity contribution in [3.8, 4) is 12.3 Å². The average Bonchev–Trinajstić information content (AvgIpc) is 2.38. The molecule has 0 unspecified atom stereocenters. The molecule has 0 amide bonds. The summed E-state index contributed by atoms with van der Waals surface area (Å²) >= 11 is 0. The van der Waals surface area contributed by atoms with Gasteiger partial charge in [0.15, 0.2) is 0 Å². The molecule has 0 heterocycles. The molecule has 21 heavy (non-hydrogen) atoms. The first-order chi connectivity index (χ1) is 9.74. The summed E-state index contributed by atoms with van der Waals surface area (Å²) in [4.78, 5) is 0. The van der Waals surface area contributed by atoms with Gasteiger partial charge in [-0.1, -0.05) is 50.1 Å². The monoisotopic (exact) mass is 309 g/mol. The van der Waals surface area contributed by atoms with Gasteiger partial charge >= 0.3 is 0 Å². The molecule has 0 aliphatic heterocycles. The zero-order valence-corrected chi connectivity index (χ0v) is 13.5. The third kappa shape index (κ3) is 5.88. The molecule has 4 nitrogen and oxygen atoms in total. The van der Waals surface area contributed by atoms with Crippen LogP contribution in [-0.2, 0) is 16.4 Å². The number of hydrogen-bond donors (Lipinski definition) is 2. The summed E-state index contributed by atoms with van der Waals surface area (Å²) in [7, 11) is -3.41. The molecule has 1 rings (SSSR count). The van der Waals surface area contributed by atoms with E-state index in [0.717, 1.165) is 11.8 Å². The number of sulfonamides is 1. The van der Waals surface area contributed by atoms with Crippen molar-refractivity contribution in [3.63, 3.8) is 0 Å². The van der Waals surface area contributed by atoms with Crippen LogP contribution in [0.25, 0.3) is 0 Å². The Balaban J connectivity index is 3.03. The van der Waals surface area contributed by atoms with Crippen molar-refractivity contribution in [1.82, 2.24) is 4.72 Å². The molecule has 0 spiro atoms.